The lowest BCUT2D eigenvalue weighted by Crippen LogP contribution is -2.21. The largest absolute Gasteiger partial charge is 0.485 e. The highest BCUT2D eigenvalue weighted by Gasteiger charge is 2.18. The monoisotopic (exact) mass is 279 g/mol. The second-order valence-electron chi connectivity index (χ2n) is 3.95. The van der Waals surface area contributed by atoms with Crippen molar-refractivity contribution < 1.29 is 4.74 Å². The average Bonchev–Trinajstić information content (AvgIpc) is 2.71. The summed E-state index contributed by atoms with van der Waals surface area (Å²) >= 11 is 0. The minimum absolute atomic E-state index is 0. The quantitative estimate of drug-likeness (QED) is 0.915. The molecule has 4 nitrogen and oxygen atoms in total. The van der Waals surface area contributed by atoms with Gasteiger partial charge in [0.2, 0.25) is 0 Å². The van der Waals surface area contributed by atoms with Gasteiger partial charge in [-0.05, 0) is 25.1 Å². The number of hydrogen-bond acceptors (Lipinski definition) is 4. The van der Waals surface area contributed by atoms with E-state index < -0.39 is 0 Å². The summed E-state index contributed by atoms with van der Waals surface area (Å²) in [5.41, 5.74) is 0. The summed E-state index contributed by atoms with van der Waals surface area (Å²) in [6.45, 7) is 1.98. The molecule has 0 amide bonds. The number of anilines is 1. The Balaban J connectivity index is 0.00000128. The second kappa shape index (κ2) is 7.58. The predicted octanol–water partition coefficient (Wildman–Crippen LogP) is 1.73. The molecule has 2 heterocycles. The van der Waals surface area contributed by atoms with E-state index >= 15 is 0 Å². The van der Waals surface area contributed by atoms with Crippen LogP contribution in [0, 0.1) is 0 Å². The molecule has 1 saturated heterocycles. The number of halogens is 2. The molecule has 0 aromatic carbocycles. The van der Waals surface area contributed by atoms with Crippen molar-refractivity contribution in [2.45, 2.75) is 12.5 Å². The molecule has 0 spiro atoms. The van der Waals surface area contributed by atoms with Crippen molar-refractivity contribution in [3.63, 3.8) is 0 Å². The molecular formula is C11H19Cl2N3O. The molecule has 17 heavy (non-hydrogen) atoms. The number of nitrogens with one attached hydrogen (secondary N) is 1. The van der Waals surface area contributed by atoms with Crippen LogP contribution in [0.4, 0.5) is 5.82 Å². The summed E-state index contributed by atoms with van der Waals surface area (Å²) < 4.78 is 5.90. The molecule has 1 aromatic rings. The van der Waals surface area contributed by atoms with Crippen LogP contribution in [0.5, 0.6) is 5.75 Å². The number of nitrogens with zero attached hydrogens (tertiary/aromatic N) is 2. The third-order valence-electron chi connectivity index (χ3n) is 2.48. The molecular weight excluding hydrogens is 261 g/mol. The zero-order chi connectivity index (χ0) is 10.7. The Labute approximate surface area is 115 Å². The Kier molecular flexibility index (Phi) is 7.27. The van der Waals surface area contributed by atoms with Gasteiger partial charge in [0.25, 0.3) is 0 Å². The van der Waals surface area contributed by atoms with Crippen LogP contribution >= 0.6 is 24.8 Å². The van der Waals surface area contributed by atoms with Crippen molar-refractivity contribution in [1.29, 1.82) is 0 Å². The summed E-state index contributed by atoms with van der Waals surface area (Å²) in [5.74, 6) is 1.76. The van der Waals surface area contributed by atoms with Crippen molar-refractivity contribution in [3.8, 4) is 5.75 Å². The third kappa shape index (κ3) is 4.22. The van der Waals surface area contributed by atoms with Crippen LogP contribution in [0.3, 0.4) is 0 Å². The van der Waals surface area contributed by atoms with Crippen molar-refractivity contribution in [2.75, 3.05) is 32.1 Å². The van der Waals surface area contributed by atoms with Gasteiger partial charge in [-0.1, -0.05) is 0 Å². The van der Waals surface area contributed by atoms with Gasteiger partial charge < -0.3 is 15.0 Å². The maximum absolute atomic E-state index is 5.90. The Hall–Kier alpha value is -0.710. The smallest absolute Gasteiger partial charge is 0.170 e. The van der Waals surface area contributed by atoms with Crippen molar-refractivity contribution in [3.05, 3.63) is 18.3 Å². The molecule has 1 aliphatic rings. The van der Waals surface area contributed by atoms with Gasteiger partial charge >= 0.3 is 0 Å². The number of aromatic nitrogens is 1. The summed E-state index contributed by atoms with van der Waals surface area (Å²) in [6.07, 6.45) is 3.14. The highest BCUT2D eigenvalue weighted by Crippen LogP contribution is 2.25. The SMILES string of the molecule is CN(C)c1ncccc1OC1CCNC1.Cl.Cl. The highest BCUT2D eigenvalue weighted by molar-refractivity contribution is 5.85. The van der Waals surface area contributed by atoms with Crippen LogP contribution in [0.1, 0.15) is 6.42 Å². The Bertz CT molecular complexity index is 330. The lowest BCUT2D eigenvalue weighted by molar-refractivity contribution is 0.223. The van der Waals surface area contributed by atoms with Gasteiger partial charge in [0, 0.05) is 26.8 Å². The second-order valence-corrected chi connectivity index (χ2v) is 3.95. The molecule has 1 aliphatic heterocycles. The predicted molar refractivity (Wildman–Crippen MR) is 75.0 cm³/mol. The maximum Gasteiger partial charge on any atom is 0.170 e. The van der Waals surface area contributed by atoms with E-state index in [1.807, 2.05) is 31.1 Å². The molecule has 1 unspecified atom stereocenters. The van der Waals surface area contributed by atoms with Crippen LogP contribution in [-0.2, 0) is 0 Å². The Morgan fingerprint density at radius 3 is 2.76 bits per heavy atom. The van der Waals surface area contributed by atoms with Crippen LogP contribution < -0.4 is 15.0 Å². The van der Waals surface area contributed by atoms with E-state index in [-0.39, 0.29) is 30.9 Å². The topological polar surface area (TPSA) is 37.4 Å². The molecule has 0 radical (unpaired) electrons. The third-order valence-corrected chi connectivity index (χ3v) is 2.48. The van der Waals surface area contributed by atoms with Gasteiger partial charge in [0.15, 0.2) is 11.6 Å². The zero-order valence-electron chi connectivity index (χ0n) is 10.0. The summed E-state index contributed by atoms with van der Waals surface area (Å²) in [6, 6.07) is 3.88. The lowest BCUT2D eigenvalue weighted by Gasteiger charge is -2.18. The first-order valence-corrected chi connectivity index (χ1v) is 5.27. The van der Waals surface area contributed by atoms with Gasteiger partial charge in [-0.15, -0.1) is 24.8 Å². The number of hydrogen-bond donors (Lipinski definition) is 1. The standard InChI is InChI=1S/C11H17N3O.2ClH/c1-14(2)11-10(4-3-6-13-11)15-9-5-7-12-8-9;;/h3-4,6,9,12H,5,7-8H2,1-2H3;2*1H. The minimum Gasteiger partial charge on any atom is -0.485 e. The summed E-state index contributed by atoms with van der Waals surface area (Å²) in [4.78, 5) is 6.27. The first-order chi connectivity index (χ1) is 7.27. The molecule has 2 rings (SSSR count). The minimum atomic E-state index is 0. The average molecular weight is 280 g/mol. The highest BCUT2D eigenvalue weighted by atomic mass is 35.5. The van der Waals surface area contributed by atoms with Gasteiger partial charge in [-0.3, -0.25) is 0 Å². The normalized spacial score (nSPS) is 17.9. The molecule has 1 atom stereocenters. The van der Waals surface area contributed by atoms with E-state index in [4.69, 9.17) is 4.74 Å². The first kappa shape index (κ1) is 16.3. The fraction of sp³-hybridized carbons (Fsp3) is 0.545. The fourth-order valence-electron chi connectivity index (χ4n) is 1.72. The van der Waals surface area contributed by atoms with Gasteiger partial charge in [0.1, 0.15) is 6.10 Å². The molecule has 0 aliphatic carbocycles. The van der Waals surface area contributed by atoms with Crippen LogP contribution in [0.2, 0.25) is 0 Å². The van der Waals surface area contributed by atoms with E-state index in [2.05, 4.69) is 10.3 Å². The summed E-state index contributed by atoms with van der Waals surface area (Å²) in [5, 5.41) is 3.28. The van der Waals surface area contributed by atoms with E-state index in [0.29, 0.717) is 0 Å². The van der Waals surface area contributed by atoms with E-state index in [0.717, 1.165) is 31.1 Å². The van der Waals surface area contributed by atoms with Crippen molar-refractivity contribution in [2.24, 2.45) is 0 Å². The number of rotatable bonds is 3. The Morgan fingerprint density at radius 2 is 2.18 bits per heavy atom. The maximum atomic E-state index is 5.90. The molecule has 1 fully saturated rings. The molecule has 1 aromatic heterocycles. The van der Waals surface area contributed by atoms with Crippen molar-refractivity contribution in [1.82, 2.24) is 10.3 Å². The van der Waals surface area contributed by atoms with E-state index in [1.165, 1.54) is 0 Å². The van der Waals surface area contributed by atoms with Crippen LogP contribution in [0.15, 0.2) is 18.3 Å². The van der Waals surface area contributed by atoms with Crippen molar-refractivity contribution >= 4 is 30.6 Å². The number of ether oxygens (including phenoxy) is 1. The Morgan fingerprint density at radius 1 is 1.41 bits per heavy atom. The molecule has 0 saturated carbocycles. The zero-order valence-corrected chi connectivity index (χ0v) is 11.7. The molecule has 98 valence electrons. The van der Waals surface area contributed by atoms with Gasteiger partial charge in [-0.25, -0.2) is 4.98 Å². The van der Waals surface area contributed by atoms with E-state index in [9.17, 15) is 0 Å². The van der Waals surface area contributed by atoms with Gasteiger partial charge in [-0.2, -0.15) is 0 Å². The molecule has 6 heteroatoms. The van der Waals surface area contributed by atoms with Gasteiger partial charge in [0.05, 0.1) is 0 Å². The number of pyridine rings is 1. The lowest BCUT2D eigenvalue weighted by atomic mass is 10.3. The first-order valence-electron chi connectivity index (χ1n) is 5.27. The fourth-order valence-corrected chi connectivity index (χ4v) is 1.72. The summed E-state index contributed by atoms with van der Waals surface area (Å²) in [7, 11) is 3.95. The van der Waals surface area contributed by atoms with E-state index in [1.54, 1.807) is 6.20 Å². The van der Waals surface area contributed by atoms with Crippen LogP contribution in [-0.4, -0.2) is 38.3 Å². The molecule has 0 bridgehead atoms. The molecule has 1 N–H and O–H groups in total. The van der Waals surface area contributed by atoms with Crippen LogP contribution in [0.25, 0.3) is 0 Å².